The third-order valence-corrected chi connectivity index (χ3v) is 2.60. The molecule has 0 amide bonds. The van der Waals surface area contributed by atoms with Crippen molar-refractivity contribution in [2.45, 2.75) is 39.2 Å². The van der Waals surface area contributed by atoms with Crippen LogP contribution >= 0.6 is 0 Å². The Morgan fingerprint density at radius 3 is 2.60 bits per heavy atom. The van der Waals surface area contributed by atoms with E-state index >= 15 is 0 Å². The van der Waals surface area contributed by atoms with E-state index in [1.54, 1.807) is 6.08 Å². The van der Waals surface area contributed by atoms with Crippen LogP contribution in [0.2, 0.25) is 0 Å². The van der Waals surface area contributed by atoms with Crippen LogP contribution in [0.4, 0.5) is 11.4 Å². The van der Waals surface area contributed by atoms with Crippen LogP contribution in [-0.2, 0) is 9.53 Å². The smallest absolute Gasteiger partial charge is 0.307 e. The maximum Gasteiger partial charge on any atom is 0.307 e. The number of hydrogen-bond acceptors (Lipinski definition) is 4. The average Bonchev–Trinajstić information content (AvgIpc) is 2.42. The zero-order valence-electron chi connectivity index (χ0n) is 12.7. The van der Waals surface area contributed by atoms with Crippen LogP contribution < -0.4 is 11.1 Å². The van der Waals surface area contributed by atoms with Crippen LogP contribution in [-0.4, -0.2) is 19.1 Å². The highest BCUT2D eigenvalue weighted by atomic mass is 16.5. The van der Waals surface area contributed by atoms with Gasteiger partial charge >= 0.3 is 5.97 Å². The molecule has 1 unspecified atom stereocenters. The lowest BCUT2D eigenvalue weighted by atomic mass is 10.1. The standard InChI is InChI=1S/C13H20N2O2.C3H6/c1-3-6-10(9-13(16)17-2)15-12-8-5-4-7-11(12)14;1-3-2/h4-5,7-8,10,15H,3,6,9,14H2,1-2H3;3H,1H2,2H3. The van der Waals surface area contributed by atoms with E-state index in [-0.39, 0.29) is 12.0 Å². The monoisotopic (exact) mass is 278 g/mol. The number of esters is 1. The molecule has 1 atom stereocenters. The summed E-state index contributed by atoms with van der Waals surface area (Å²) in [7, 11) is 1.40. The van der Waals surface area contributed by atoms with Gasteiger partial charge in [-0.2, -0.15) is 0 Å². The minimum absolute atomic E-state index is 0.0668. The van der Waals surface area contributed by atoms with E-state index in [0.717, 1.165) is 18.5 Å². The van der Waals surface area contributed by atoms with Crippen molar-refractivity contribution in [3.05, 3.63) is 36.9 Å². The maximum atomic E-state index is 11.3. The van der Waals surface area contributed by atoms with Gasteiger partial charge in [-0.25, -0.2) is 0 Å². The summed E-state index contributed by atoms with van der Waals surface area (Å²) in [5.74, 6) is -0.203. The molecule has 0 aliphatic rings. The van der Waals surface area contributed by atoms with Gasteiger partial charge < -0.3 is 15.8 Å². The number of ether oxygens (including phenoxy) is 1. The molecule has 0 spiro atoms. The second kappa shape index (κ2) is 10.9. The van der Waals surface area contributed by atoms with Crippen LogP contribution in [0.3, 0.4) is 0 Å². The fourth-order valence-corrected chi connectivity index (χ4v) is 1.71. The molecule has 20 heavy (non-hydrogen) atoms. The highest BCUT2D eigenvalue weighted by Crippen LogP contribution is 2.20. The molecular formula is C16H26N2O2. The summed E-state index contributed by atoms with van der Waals surface area (Å²) >= 11 is 0. The Bertz CT molecular complexity index is 405. The number of rotatable bonds is 6. The molecular weight excluding hydrogens is 252 g/mol. The normalized spacial score (nSPS) is 10.8. The molecule has 0 aromatic heterocycles. The number of carbonyl (C=O) groups excluding carboxylic acids is 1. The van der Waals surface area contributed by atoms with Gasteiger partial charge in [0, 0.05) is 6.04 Å². The summed E-state index contributed by atoms with van der Waals surface area (Å²) < 4.78 is 4.68. The summed E-state index contributed by atoms with van der Waals surface area (Å²) in [6.45, 7) is 7.33. The number of methoxy groups -OCH3 is 1. The quantitative estimate of drug-likeness (QED) is 0.474. The molecule has 0 bridgehead atoms. The zero-order chi connectivity index (χ0) is 15.4. The van der Waals surface area contributed by atoms with E-state index in [9.17, 15) is 4.79 Å². The molecule has 0 saturated carbocycles. The fourth-order valence-electron chi connectivity index (χ4n) is 1.71. The number of hydrogen-bond donors (Lipinski definition) is 2. The first-order valence-corrected chi connectivity index (χ1v) is 6.83. The van der Waals surface area contributed by atoms with Gasteiger partial charge in [-0.05, 0) is 25.5 Å². The Hall–Kier alpha value is -1.97. The molecule has 0 saturated heterocycles. The van der Waals surface area contributed by atoms with Gasteiger partial charge in [-0.3, -0.25) is 4.79 Å². The van der Waals surface area contributed by atoms with Crippen LogP contribution in [0.1, 0.15) is 33.1 Å². The predicted molar refractivity (Wildman–Crippen MR) is 85.7 cm³/mol. The van der Waals surface area contributed by atoms with Crippen LogP contribution in [0.15, 0.2) is 36.9 Å². The molecule has 4 nitrogen and oxygen atoms in total. The van der Waals surface area contributed by atoms with E-state index in [0.29, 0.717) is 12.1 Å². The third-order valence-electron chi connectivity index (χ3n) is 2.60. The van der Waals surface area contributed by atoms with Gasteiger partial charge in [-0.1, -0.05) is 31.6 Å². The van der Waals surface area contributed by atoms with Crippen molar-refractivity contribution < 1.29 is 9.53 Å². The lowest BCUT2D eigenvalue weighted by molar-refractivity contribution is -0.140. The fraction of sp³-hybridized carbons (Fsp3) is 0.438. The van der Waals surface area contributed by atoms with Crippen LogP contribution in [0, 0.1) is 0 Å². The highest BCUT2D eigenvalue weighted by Gasteiger charge is 2.14. The van der Waals surface area contributed by atoms with Gasteiger partial charge in [0.15, 0.2) is 0 Å². The van der Waals surface area contributed by atoms with E-state index in [1.165, 1.54) is 7.11 Å². The minimum Gasteiger partial charge on any atom is -0.469 e. The average molecular weight is 278 g/mol. The molecule has 1 rings (SSSR count). The number of anilines is 2. The lowest BCUT2D eigenvalue weighted by Gasteiger charge is -2.19. The Morgan fingerprint density at radius 2 is 2.10 bits per heavy atom. The number of benzene rings is 1. The summed E-state index contributed by atoms with van der Waals surface area (Å²) in [4.78, 5) is 11.3. The van der Waals surface area contributed by atoms with E-state index in [4.69, 9.17) is 5.73 Å². The number of para-hydroxylation sites is 2. The Labute approximate surface area is 122 Å². The van der Waals surface area contributed by atoms with Crippen molar-refractivity contribution in [2.24, 2.45) is 0 Å². The molecule has 112 valence electrons. The largest absolute Gasteiger partial charge is 0.469 e. The number of carbonyl (C=O) groups is 1. The highest BCUT2D eigenvalue weighted by molar-refractivity contribution is 5.72. The Morgan fingerprint density at radius 1 is 1.50 bits per heavy atom. The van der Waals surface area contributed by atoms with Crippen LogP contribution in [0.5, 0.6) is 0 Å². The van der Waals surface area contributed by atoms with Gasteiger partial charge in [0.1, 0.15) is 0 Å². The van der Waals surface area contributed by atoms with E-state index in [2.05, 4.69) is 23.6 Å². The molecule has 0 aliphatic heterocycles. The van der Waals surface area contributed by atoms with Gasteiger partial charge in [0.05, 0.1) is 24.9 Å². The summed E-state index contributed by atoms with van der Waals surface area (Å²) in [5.41, 5.74) is 7.41. The summed E-state index contributed by atoms with van der Waals surface area (Å²) in [6.07, 6.45) is 4.02. The second-order valence-electron chi connectivity index (χ2n) is 4.41. The van der Waals surface area contributed by atoms with Gasteiger partial charge in [-0.15, -0.1) is 6.58 Å². The van der Waals surface area contributed by atoms with Crippen molar-refractivity contribution in [2.75, 3.05) is 18.2 Å². The van der Waals surface area contributed by atoms with E-state index in [1.807, 2.05) is 31.2 Å². The topological polar surface area (TPSA) is 64.3 Å². The predicted octanol–water partition coefficient (Wildman–Crippen LogP) is 3.60. The molecule has 0 aliphatic carbocycles. The molecule has 1 aromatic carbocycles. The first kappa shape index (κ1) is 18.0. The van der Waals surface area contributed by atoms with Crippen molar-refractivity contribution in [1.29, 1.82) is 0 Å². The molecule has 1 aromatic rings. The number of nitrogens with one attached hydrogen (secondary N) is 1. The Kier molecular flexibility index (Phi) is 9.83. The van der Waals surface area contributed by atoms with Crippen molar-refractivity contribution in [1.82, 2.24) is 0 Å². The first-order chi connectivity index (χ1) is 9.58. The molecule has 3 N–H and O–H groups in total. The van der Waals surface area contributed by atoms with Crippen molar-refractivity contribution in [3.63, 3.8) is 0 Å². The van der Waals surface area contributed by atoms with Gasteiger partial charge in [0.25, 0.3) is 0 Å². The molecule has 0 heterocycles. The number of allylic oxidation sites excluding steroid dienone is 1. The summed E-state index contributed by atoms with van der Waals surface area (Å²) in [5, 5.41) is 3.29. The lowest BCUT2D eigenvalue weighted by Crippen LogP contribution is -2.24. The minimum atomic E-state index is -0.203. The SMILES string of the molecule is C=CC.CCCC(CC(=O)OC)Nc1ccccc1N. The van der Waals surface area contributed by atoms with Crippen LogP contribution in [0.25, 0.3) is 0 Å². The first-order valence-electron chi connectivity index (χ1n) is 6.83. The van der Waals surface area contributed by atoms with E-state index < -0.39 is 0 Å². The summed E-state index contributed by atoms with van der Waals surface area (Å²) in [6, 6.07) is 7.62. The molecule has 0 radical (unpaired) electrons. The molecule has 4 heteroatoms. The third kappa shape index (κ3) is 7.46. The van der Waals surface area contributed by atoms with Crippen molar-refractivity contribution >= 4 is 17.3 Å². The second-order valence-corrected chi connectivity index (χ2v) is 4.41. The number of nitrogen functional groups attached to an aromatic ring is 1. The molecule has 0 fully saturated rings. The number of nitrogens with two attached hydrogens (primary N) is 1. The maximum absolute atomic E-state index is 11.3. The van der Waals surface area contributed by atoms with Crippen molar-refractivity contribution in [3.8, 4) is 0 Å². The zero-order valence-corrected chi connectivity index (χ0v) is 12.7. The van der Waals surface area contributed by atoms with Gasteiger partial charge in [0.2, 0.25) is 0 Å². The Balaban J connectivity index is 0.00000110.